The van der Waals surface area contributed by atoms with Gasteiger partial charge in [-0.1, -0.05) is 39.3 Å². The first-order chi connectivity index (χ1) is 22.7. The number of fused-ring (bicyclic) bond motifs is 1. The number of ether oxygens (including phenoxy) is 3. The molecule has 3 N–H and O–H groups in total. The number of nitrogens with one attached hydrogen (secondary N) is 3. The van der Waals surface area contributed by atoms with Gasteiger partial charge in [-0.2, -0.15) is 0 Å². The molecule has 2 fully saturated rings. The van der Waals surface area contributed by atoms with Crippen LogP contribution in [-0.2, 0) is 29.1 Å². The van der Waals surface area contributed by atoms with E-state index in [-0.39, 0.29) is 25.3 Å². The predicted octanol–water partition coefficient (Wildman–Crippen LogP) is 3.69. The van der Waals surface area contributed by atoms with Crippen molar-refractivity contribution in [2.24, 2.45) is 5.41 Å². The Bertz CT molecular complexity index is 1700. The second-order valence-electron chi connectivity index (χ2n) is 14.4. The summed E-state index contributed by atoms with van der Waals surface area (Å²) in [6, 6.07) is 1.67. The Hall–Kier alpha value is -3.85. The Labute approximate surface area is 292 Å². The molecular weight excluding hydrogens is 678 g/mol. The molecule has 1 aromatic heterocycles. The maximum Gasteiger partial charge on any atom is 0.408 e. The molecule has 49 heavy (non-hydrogen) atoms. The molecule has 14 nitrogen and oxygen atoms in total. The lowest BCUT2D eigenvalue weighted by molar-refractivity contribution is -0.142. The molecular formula is C33H46ClN5O9S. The van der Waals surface area contributed by atoms with Crippen LogP contribution in [0.3, 0.4) is 0 Å². The molecule has 1 saturated carbocycles. The number of rotatable bonds is 11. The van der Waals surface area contributed by atoms with Gasteiger partial charge in [0.25, 0.3) is 5.91 Å². The van der Waals surface area contributed by atoms with E-state index in [4.69, 9.17) is 25.8 Å². The van der Waals surface area contributed by atoms with Gasteiger partial charge in [0.15, 0.2) is 0 Å². The predicted molar refractivity (Wildman–Crippen MR) is 183 cm³/mol. The number of carbonyl (C=O) groups excluding carboxylic acids is 4. The fourth-order valence-corrected chi connectivity index (χ4v) is 7.01. The molecule has 0 spiro atoms. The summed E-state index contributed by atoms with van der Waals surface area (Å²) in [6.07, 6.45) is 0.939. The minimum absolute atomic E-state index is 0.00489. The number of alkyl carbamates (subject to hydrolysis) is 1. The molecule has 2 heterocycles. The molecule has 2 aliphatic rings. The van der Waals surface area contributed by atoms with E-state index in [0.29, 0.717) is 34.4 Å². The second-order valence-corrected chi connectivity index (χ2v) is 16.8. The summed E-state index contributed by atoms with van der Waals surface area (Å²) in [5, 5.41) is 6.35. The molecule has 1 aromatic carbocycles. The number of hydrogen-bond acceptors (Lipinski definition) is 10. The van der Waals surface area contributed by atoms with Gasteiger partial charge in [-0.05, 0) is 63.6 Å². The number of pyridine rings is 1. The second kappa shape index (κ2) is 14.6. The van der Waals surface area contributed by atoms with Crippen molar-refractivity contribution in [2.75, 3.05) is 13.7 Å². The van der Waals surface area contributed by atoms with Crippen LogP contribution in [0.4, 0.5) is 4.79 Å². The zero-order chi connectivity index (χ0) is 36.5. The van der Waals surface area contributed by atoms with Crippen LogP contribution in [0, 0.1) is 5.41 Å². The molecule has 2 aromatic rings. The molecule has 1 aliphatic heterocycles. The molecule has 1 aliphatic carbocycles. The summed E-state index contributed by atoms with van der Waals surface area (Å²) in [7, 11) is -2.34. The van der Waals surface area contributed by atoms with Crippen LogP contribution in [0.25, 0.3) is 10.8 Å². The lowest BCUT2D eigenvalue weighted by atomic mass is 9.85. The first-order valence-electron chi connectivity index (χ1n) is 16.2. The number of benzene rings is 1. The average Bonchev–Trinajstić information content (AvgIpc) is 3.78. The SMILES string of the molecule is CC[C@@H](NC(=O)[C@@H]1C[C@@H](Oc2ncc(OC)c3ccc(Cl)cc23)CN1C(=O)[C@@H](NC(=O)OC(C)(C)C)C(C)(C)C)C(=O)NS(=O)(=O)C1CC1. The number of halogens is 1. The van der Waals surface area contributed by atoms with E-state index in [1.807, 2.05) is 0 Å². The third-order valence-electron chi connectivity index (χ3n) is 8.14. The van der Waals surface area contributed by atoms with E-state index in [0.717, 1.165) is 0 Å². The van der Waals surface area contributed by atoms with E-state index in [1.54, 1.807) is 66.7 Å². The Balaban J connectivity index is 1.65. The Kier molecular flexibility index (Phi) is 11.3. The Morgan fingerprint density at radius 2 is 1.73 bits per heavy atom. The summed E-state index contributed by atoms with van der Waals surface area (Å²) in [5.41, 5.74) is -1.65. The summed E-state index contributed by atoms with van der Waals surface area (Å²) < 4.78 is 44.1. The van der Waals surface area contributed by atoms with Crippen molar-refractivity contribution in [1.82, 2.24) is 25.2 Å². The summed E-state index contributed by atoms with van der Waals surface area (Å²) in [5.74, 6) is -1.43. The van der Waals surface area contributed by atoms with Gasteiger partial charge in [-0.25, -0.2) is 18.2 Å². The van der Waals surface area contributed by atoms with Gasteiger partial charge in [0.1, 0.15) is 35.6 Å². The summed E-state index contributed by atoms with van der Waals surface area (Å²) in [4.78, 5) is 59.8. The van der Waals surface area contributed by atoms with Crippen LogP contribution in [0.1, 0.15) is 74.1 Å². The van der Waals surface area contributed by atoms with E-state index in [1.165, 1.54) is 18.2 Å². The van der Waals surface area contributed by atoms with Crippen molar-refractivity contribution in [1.29, 1.82) is 0 Å². The van der Waals surface area contributed by atoms with Gasteiger partial charge >= 0.3 is 6.09 Å². The summed E-state index contributed by atoms with van der Waals surface area (Å²) in [6.45, 7) is 11.9. The number of hydrogen-bond donors (Lipinski definition) is 3. The smallest absolute Gasteiger partial charge is 0.408 e. The Morgan fingerprint density at radius 3 is 2.31 bits per heavy atom. The van der Waals surface area contributed by atoms with Crippen molar-refractivity contribution in [2.45, 2.75) is 109 Å². The highest BCUT2D eigenvalue weighted by molar-refractivity contribution is 7.90. The molecule has 0 bridgehead atoms. The maximum atomic E-state index is 14.3. The lowest BCUT2D eigenvalue weighted by Crippen LogP contribution is -2.59. The van der Waals surface area contributed by atoms with E-state index >= 15 is 0 Å². The minimum Gasteiger partial charge on any atom is -0.494 e. The fraction of sp³-hybridized carbons (Fsp3) is 0.606. The number of amides is 4. The van der Waals surface area contributed by atoms with Crippen molar-refractivity contribution in [3.05, 3.63) is 29.4 Å². The monoisotopic (exact) mass is 723 g/mol. The number of nitrogens with zero attached hydrogens (tertiary/aromatic N) is 2. The largest absolute Gasteiger partial charge is 0.494 e. The first-order valence-corrected chi connectivity index (χ1v) is 18.1. The van der Waals surface area contributed by atoms with Crippen LogP contribution in [0.2, 0.25) is 5.02 Å². The van der Waals surface area contributed by atoms with Crippen LogP contribution in [-0.4, -0.2) is 90.9 Å². The average molecular weight is 724 g/mol. The number of sulfonamides is 1. The van der Waals surface area contributed by atoms with Gasteiger partial charge in [-0.3, -0.25) is 19.1 Å². The molecule has 4 rings (SSSR count). The topological polar surface area (TPSA) is 182 Å². The van der Waals surface area contributed by atoms with Crippen molar-refractivity contribution in [3.8, 4) is 11.6 Å². The zero-order valence-corrected chi connectivity index (χ0v) is 30.7. The van der Waals surface area contributed by atoms with Crippen molar-refractivity contribution in [3.63, 3.8) is 0 Å². The first kappa shape index (κ1) is 38.0. The van der Waals surface area contributed by atoms with E-state index in [2.05, 4.69) is 20.3 Å². The number of methoxy groups -OCH3 is 1. The molecule has 0 radical (unpaired) electrons. The minimum atomic E-state index is -3.86. The van der Waals surface area contributed by atoms with E-state index < -0.39 is 74.3 Å². The standard InChI is InChI=1S/C33H46ClN5O9S/c1-9-23(27(40)38-49(44,45)20-11-12-20)36-28(41)24-15-19(47-29-22-14-18(34)10-13-21(22)25(46-8)16-35-29)17-39(24)30(42)26(32(2,3)4)37-31(43)48-33(5,6)7/h10,13-14,16,19-20,23-24,26H,9,11-12,15,17H2,1-8H3,(H,36,41)(H,37,43)(H,38,40)/t19-,23-,24+,26-/m1/s1. The quantitative estimate of drug-likeness (QED) is 0.309. The molecule has 16 heteroatoms. The van der Waals surface area contributed by atoms with Gasteiger partial charge < -0.3 is 29.7 Å². The molecule has 1 saturated heterocycles. The molecule has 0 unspecified atom stereocenters. The van der Waals surface area contributed by atoms with Crippen LogP contribution in [0.15, 0.2) is 24.4 Å². The Morgan fingerprint density at radius 1 is 1.06 bits per heavy atom. The van der Waals surface area contributed by atoms with Gasteiger partial charge in [0.05, 0.1) is 25.1 Å². The van der Waals surface area contributed by atoms with E-state index in [9.17, 15) is 27.6 Å². The van der Waals surface area contributed by atoms with Crippen molar-refractivity contribution < 1.29 is 41.8 Å². The zero-order valence-electron chi connectivity index (χ0n) is 29.1. The lowest BCUT2D eigenvalue weighted by Gasteiger charge is -2.35. The van der Waals surface area contributed by atoms with Gasteiger partial charge in [0, 0.05) is 22.2 Å². The number of aromatic nitrogens is 1. The van der Waals surface area contributed by atoms with Crippen LogP contribution >= 0.6 is 11.6 Å². The van der Waals surface area contributed by atoms with Gasteiger partial charge in [0.2, 0.25) is 27.7 Å². The maximum absolute atomic E-state index is 14.3. The third-order valence-corrected chi connectivity index (χ3v) is 10.2. The van der Waals surface area contributed by atoms with Crippen molar-refractivity contribution >= 4 is 56.2 Å². The molecule has 4 atom stereocenters. The fourth-order valence-electron chi connectivity index (χ4n) is 5.49. The highest BCUT2D eigenvalue weighted by Gasteiger charge is 2.47. The molecule has 270 valence electrons. The normalized spacial score (nSPS) is 19.5. The van der Waals surface area contributed by atoms with Gasteiger partial charge in [-0.15, -0.1) is 0 Å². The summed E-state index contributed by atoms with van der Waals surface area (Å²) >= 11 is 6.29. The molecule has 4 amide bonds. The highest BCUT2D eigenvalue weighted by atomic mass is 35.5. The number of likely N-dealkylation sites (tertiary alicyclic amines) is 1. The number of carbonyl (C=O) groups is 4. The van der Waals surface area contributed by atoms with Crippen LogP contribution < -0.4 is 24.8 Å². The third kappa shape index (κ3) is 9.44. The highest BCUT2D eigenvalue weighted by Crippen LogP contribution is 2.35. The van der Waals surface area contributed by atoms with Crippen LogP contribution in [0.5, 0.6) is 11.6 Å².